The normalized spacial score (nSPS) is 17.8. The van der Waals surface area contributed by atoms with Crippen molar-refractivity contribution in [2.75, 3.05) is 0 Å². The van der Waals surface area contributed by atoms with E-state index < -0.39 is 38.3 Å². The molecule has 0 fully saturated rings. The van der Waals surface area contributed by atoms with Crippen LogP contribution in [0.25, 0.3) is 0 Å². The Morgan fingerprint density at radius 1 is 1.36 bits per heavy atom. The van der Waals surface area contributed by atoms with Crippen LogP contribution in [-0.4, -0.2) is 23.2 Å². The lowest BCUT2D eigenvalue weighted by Crippen LogP contribution is -2.33. The zero-order valence-electron chi connectivity index (χ0n) is 12.7. The van der Waals surface area contributed by atoms with E-state index in [9.17, 15) is 21.6 Å². The van der Waals surface area contributed by atoms with Crippen molar-refractivity contribution in [3.63, 3.8) is 0 Å². The summed E-state index contributed by atoms with van der Waals surface area (Å²) in [7, 11) is -4.23. The van der Waals surface area contributed by atoms with E-state index in [0.29, 0.717) is 31.3 Å². The second-order valence-corrected chi connectivity index (χ2v) is 7.19. The van der Waals surface area contributed by atoms with Gasteiger partial charge >= 0.3 is 6.18 Å². The molecule has 1 N–H and O–H groups in total. The number of nitrogens with zero attached hydrogens (tertiary/aromatic N) is 4. The molecule has 11 heteroatoms. The van der Waals surface area contributed by atoms with Crippen molar-refractivity contribution in [3.8, 4) is 6.07 Å². The maximum absolute atomic E-state index is 13.0. The van der Waals surface area contributed by atoms with E-state index in [-0.39, 0.29) is 0 Å². The Labute approximate surface area is 141 Å². The summed E-state index contributed by atoms with van der Waals surface area (Å²) in [5.41, 5.74) is -1.92. The number of halogens is 3. The topological polar surface area (TPSA) is 101 Å². The highest BCUT2D eigenvalue weighted by Crippen LogP contribution is 2.34. The third-order valence-corrected chi connectivity index (χ3v) is 5.31. The number of alkyl halides is 3. The zero-order valence-corrected chi connectivity index (χ0v) is 13.5. The predicted octanol–water partition coefficient (Wildman–Crippen LogP) is 1.98. The molecule has 1 aliphatic heterocycles. The molecule has 1 aromatic carbocycles. The van der Waals surface area contributed by atoms with Crippen LogP contribution in [0, 0.1) is 11.3 Å². The van der Waals surface area contributed by atoms with Gasteiger partial charge in [0.05, 0.1) is 28.1 Å². The molecule has 0 saturated heterocycles. The molecule has 0 bridgehead atoms. The van der Waals surface area contributed by atoms with Crippen molar-refractivity contribution in [2.45, 2.75) is 36.5 Å². The Morgan fingerprint density at radius 2 is 2.12 bits per heavy atom. The summed E-state index contributed by atoms with van der Waals surface area (Å²) in [5, 5.41) is 12.8. The van der Waals surface area contributed by atoms with E-state index in [1.54, 1.807) is 4.68 Å². The summed E-state index contributed by atoms with van der Waals surface area (Å²) in [6.45, 7) is 0.600. The van der Waals surface area contributed by atoms with Crippen LogP contribution in [0.3, 0.4) is 0 Å². The first kappa shape index (κ1) is 17.4. The van der Waals surface area contributed by atoms with Gasteiger partial charge in [-0.25, -0.2) is 22.8 Å². The minimum atomic E-state index is -4.83. The molecule has 25 heavy (non-hydrogen) atoms. The molecule has 0 spiro atoms. The second kappa shape index (κ2) is 6.12. The smallest absolute Gasteiger partial charge is 0.248 e. The number of aryl methyl sites for hydroxylation is 1. The fourth-order valence-electron chi connectivity index (χ4n) is 2.68. The Bertz CT molecular complexity index is 946. The molecule has 0 aliphatic carbocycles. The highest BCUT2D eigenvalue weighted by Gasteiger charge is 2.35. The number of sulfonamides is 1. The van der Waals surface area contributed by atoms with Gasteiger partial charge < -0.3 is 0 Å². The van der Waals surface area contributed by atoms with Crippen molar-refractivity contribution in [3.05, 3.63) is 41.5 Å². The monoisotopic (exact) mass is 371 g/mol. The fourth-order valence-corrected chi connectivity index (χ4v) is 3.93. The minimum Gasteiger partial charge on any atom is -0.248 e. The molecule has 7 nitrogen and oxygen atoms in total. The van der Waals surface area contributed by atoms with Crippen molar-refractivity contribution in [1.82, 2.24) is 19.5 Å². The second-order valence-electron chi connectivity index (χ2n) is 5.47. The van der Waals surface area contributed by atoms with Crippen LogP contribution >= 0.6 is 0 Å². The molecule has 0 saturated carbocycles. The lowest BCUT2D eigenvalue weighted by Gasteiger charge is -2.23. The largest absolute Gasteiger partial charge is 0.417 e. The molecule has 1 unspecified atom stereocenters. The molecular formula is C14H12F3N5O2S. The van der Waals surface area contributed by atoms with E-state index >= 15 is 0 Å². The third kappa shape index (κ3) is 3.35. The van der Waals surface area contributed by atoms with E-state index in [1.165, 1.54) is 12.4 Å². The number of hydrogen-bond acceptors (Lipinski definition) is 5. The van der Waals surface area contributed by atoms with Gasteiger partial charge in [0.1, 0.15) is 12.2 Å². The van der Waals surface area contributed by atoms with Crippen molar-refractivity contribution in [2.24, 2.45) is 0 Å². The number of aromatic nitrogens is 3. The molecule has 132 valence electrons. The van der Waals surface area contributed by atoms with Gasteiger partial charge in [-0.05, 0) is 31.0 Å². The average Bonchev–Trinajstić information content (AvgIpc) is 3.03. The Balaban J connectivity index is 1.96. The molecular weight excluding hydrogens is 359 g/mol. The minimum absolute atomic E-state index is 0.416. The summed E-state index contributed by atoms with van der Waals surface area (Å²) >= 11 is 0. The Hall–Kier alpha value is -2.45. The lowest BCUT2D eigenvalue weighted by atomic mass is 10.1. The lowest BCUT2D eigenvalue weighted by molar-refractivity contribution is -0.137. The van der Waals surface area contributed by atoms with Crippen LogP contribution in [0.5, 0.6) is 0 Å². The number of hydrogen-bond donors (Lipinski definition) is 1. The molecule has 0 radical (unpaired) electrons. The highest BCUT2D eigenvalue weighted by atomic mass is 32.2. The number of rotatable bonds is 3. The van der Waals surface area contributed by atoms with E-state index in [1.807, 2.05) is 0 Å². The Morgan fingerprint density at radius 3 is 2.80 bits per heavy atom. The van der Waals surface area contributed by atoms with Gasteiger partial charge in [-0.2, -0.15) is 23.5 Å². The summed E-state index contributed by atoms with van der Waals surface area (Å²) in [6.07, 6.45) is -2.42. The first-order valence-corrected chi connectivity index (χ1v) is 8.72. The van der Waals surface area contributed by atoms with E-state index in [4.69, 9.17) is 5.26 Å². The Kier molecular flexibility index (Phi) is 4.26. The average molecular weight is 371 g/mol. The number of fused-ring (bicyclic) bond motifs is 1. The standard InChI is InChI=1S/C14H12F3N5O2S/c15-14(16,17)11-6-10(4-3-9(11)7-18)25(23,24)21-12-2-1-5-22-13(12)19-8-20-22/h3-4,6,8,12,21H,1-2,5H2. The molecule has 1 aromatic heterocycles. The number of nitrogens with one attached hydrogen (secondary N) is 1. The quantitative estimate of drug-likeness (QED) is 0.889. The van der Waals surface area contributed by atoms with Gasteiger partial charge in [-0.1, -0.05) is 0 Å². The van der Waals surface area contributed by atoms with Gasteiger partial charge in [0.25, 0.3) is 0 Å². The summed E-state index contributed by atoms with van der Waals surface area (Å²) in [6, 6.07) is 3.03. The summed E-state index contributed by atoms with van der Waals surface area (Å²) in [5.74, 6) is 0.416. The number of nitriles is 1. The van der Waals surface area contributed by atoms with Crippen LogP contribution in [-0.2, 0) is 22.7 Å². The number of benzene rings is 1. The van der Waals surface area contributed by atoms with Crippen molar-refractivity contribution < 1.29 is 21.6 Å². The van der Waals surface area contributed by atoms with Crippen molar-refractivity contribution in [1.29, 1.82) is 5.26 Å². The molecule has 2 aromatic rings. The van der Waals surface area contributed by atoms with Crippen LogP contribution in [0.15, 0.2) is 29.4 Å². The van der Waals surface area contributed by atoms with Crippen LogP contribution < -0.4 is 4.72 Å². The van der Waals surface area contributed by atoms with Gasteiger partial charge in [-0.15, -0.1) is 0 Å². The third-order valence-electron chi connectivity index (χ3n) is 3.84. The van der Waals surface area contributed by atoms with Crippen LogP contribution in [0.2, 0.25) is 0 Å². The maximum Gasteiger partial charge on any atom is 0.417 e. The SMILES string of the molecule is N#Cc1ccc(S(=O)(=O)NC2CCCn3ncnc32)cc1C(F)(F)F. The van der Waals surface area contributed by atoms with Gasteiger partial charge in [0, 0.05) is 6.54 Å². The molecule has 1 aliphatic rings. The van der Waals surface area contributed by atoms with Crippen LogP contribution in [0.4, 0.5) is 13.2 Å². The summed E-state index contributed by atoms with van der Waals surface area (Å²) < 4.78 is 68.0. The van der Waals surface area contributed by atoms with E-state index in [0.717, 1.165) is 12.1 Å². The summed E-state index contributed by atoms with van der Waals surface area (Å²) in [4.78, 5) is 3.44. The molecule has 2 heterocycles. The van der Waals surface area contributed by atoms with Crippen LogP contribution in [0.1, 0.15) is 35.8 Å². The predicted molar refractivity (Wildman–Crippen MR) is 78.5 cm³/mol. The van der Waals surface area contributed by atoms with Gasteiger partial charge in [0.15, 0.2) is 0 Å². The first-order chi connectivity index (χ1) is 11.7. The van der Waals surface area contributed by atoms with E-state index in [2.05, 4.69) is 14.8 Å². The molecule has 0 amide bonds. The van der Waals surface area contributed by atoms with Gasteiger partial charge in [-0.3, -0.25) is 0 Å². The van der Waals surface area contributed by atoms with Gasteiger partial charge in [0.2, 0.25) is 10.0 Å². The fraction of sp³-hybridized carbons (Fsp3) is 0.357. The first-order valence-electron chi connectivity index (χ1n) is 7.24. The zero-order chi connectivity index (χ0) is 18.2. The van der Waals surface area contributed by atoms with Crippen molar-refractivity contribution >= 4 is 10.0 Å². The maximum atomic E-state index is 13.0. The highest BCUT2D eigenvalue weighted by molar-refractivity contribution is 7.89. The molecule has 3 rings (SSSR count). The molecule has 1 atom stereocenters.